The van der Waals surface area contributed by atoms with Gasteiger partial charge in [0, 0.05) is 16.5 Å². The van der Waals surface area contributed by atoms with Gasteiger partial charge in [-0.3, -0.25) is 0 Å². The molecule has 0 N–H and O–H groups in total. The molecular weight excluding hydrogens is 383 g/mol. The Hall–Kier alpha value is -3.02. The van der Waals surface area contributed by atoms with Crippen LogP contribution in [0.5, 0.6) is 0 Å². The molecule has 5 heteroatoms. The van der Waals surface area contributed by atoms with E-state index in [1.807, 2.05) is 54.6 Å². The molecule has 2 heterocycles. The van der Waals surface area contributed by atoms with Gasteiger partial charge in [-0.1, -0.05) is 72.8 Å². The lowest BCUT2D eigenvalue weighted by Gasteiger charge is -2.32. The lowest BCUT2D eigenvalue weighted by molar-refractivity contribution is 0.00578. The van der Waals surface area contributed by atoms with E-state index in [2.05, 4.69) is 52.0 Å². The van der Waals surface area contributed by atoms with Crippen molar-refractivity contribution in [3.05, 3.63) is 78.9 Å². The van der Waals surface area contributed by atoms with Gasteiger partial charge in [0.25, 0.3) is 0 Å². The average molecular weight is 408 g/mol. The first kappa shape index (κ1) is 19.9. The van der Waals surface area contributed by atoms with Gasteiger partial charge in [-0.25, -0.2) is 9.97 Å². The van der Waals surface area contributed by atoms with Crippen LogP contribution >= 0.6 is 0 Å². The molecule has 4 nitrogen and oxygen atoms in total. The van der Waals surface area contributed by atoms with Crippen molar-refractivity contribution in [3.8, 4) is 22.6 Å². The molecule has 1 saturated heterocycles. The predicted octanol–water partition coefficient (Wildman–Crippen LogP) is 5.26. The maximum Gasteiger partial charge on any atom is 0.494 e. The normalized spacial score (nSPS) is 17.2. The molecule has 3 aromatic carbocycles. The zero-order valence-corrected chi connectivity index (χ0v) is 18.3. The molecule has 1 fully saturated rings. The second-order valence-electron chi connectivity index (χ2n) is 8.99. The molecule has 0 radical (unpaired) electrons. The first-order valence-corrected chi connectivity index (χ1v) is 10.6. The molecule has 0 saturated carbocycles. The monoisotopic (exact) mass is 408 g/mol. The second-order valence-corrected chi connectivity index (χ2v) is 8.99. The topological polar surface area (TPSA) is 44.2 Å². The molecule has 31 heavy (non-hydrogen) atoms. The summed E-state index contributed by atoms with van der Waals surface area (Å²) in [6, 6.07) is 26.5. The first-order chi connectivity index (χ1) is 14.8. The lowest BCUT2D eigenvalue weighted by Crippen LogP contribution is -2.41. The van der Waals surface area contributed by atoms with Crippen LogP contribution in [0.2, 0.25) is 0 Å². The summed E-state index contributed by atoms with van der Waals surface area (Å²) >= 11 is 0. The fraction of sp³-hybridized carbons (Fsp3) is 0.231. The highest BCUT2D eigenvalue weighted by atomic mass is 16.7. The summed E-state index contributed by atoms with van der Waals surface area (Å²) in [5.74, 6) is 0.691. The molecule has 0 atom stereocenters. The number of hydrogen-bond acceptors (Lipinski definition) is 4. The van der Waals surface area contributed by atoms with Gasteiger partial charge in [0.15, 0.2) is 5.82 Å². The number of hydrogen-bond donors (Lipinski definition) is 0. The fourth-order valence-corrected chi connectivity index (χ4v) is 3.83. The van der Waals surface area contributed by atoms with Crippen molar-refractivity contribution in [1.82, 2.24) is 9.97 Å². The van der Waals surface area contributed by atoms with Crippen LogP contribution in [-0.4, -0.2) is 28.3 Å². The minimum atomic E-state index is -0.418. The van der Waals surface area contributed by atoms with Gasteiger partial charge in [0.05, 0.1) is 22.4 Å². The van der Waals surface area contributed by atoms with Crippen LogP contribution < -0.4 is 5.46 Å². The highest BCUT2D eigenvalue weighted by Gasteiger charge is 2.51. The summed E-state index contributed by atoms with van der Waals surface area (Å²) in [5, 5.41) is 1.04. The molecular formula is C26H25BN2O2. The van der Waals surface area contributed by atoms with Crippen molar-refractivity contribution < 1.29 is 9.31 Å². The van der Waals surface area contributed by atoms with Gasteiger partial charge < -0.3 is 9.31 Å². The minimum Gasteiger partial charge on any atom is -0.399 e. The van der Waals surface area contributed by atoms with Crippen molar-refractivity contribution >= 4 is 23.5 Å². The smallest absolute Gasteiger partial charge is 0.399 e. The molecule has 4 aromatic rings. The standard InChI is InChI=1S/C26H25BN2O2/c1-25(2)26(3,4)31-27(30-25)20-14-10-13-19(17-20)24-28-22-16-9-8-15-21(22)23(29-24)18-11-6-5-7-12-18/h5-17H,1-4H3. The fourth-order valence-electron chi connectivity index (χ4n) is 3.83. The van der Waals surface area contributed by atoms with Crippen LogP contribution in [-0.2, 0) is 9.31 Å². The van der Waals surface area contributed by atoms with E-state index < -0.39 is 7.12 Å². The van der Waals surface area contributed by atoms with E-state index in [1.165, 1.54) is 0 Å². The molecule has 1 aliphatic rings. The lowest BCUT2D eigenvalue weighted by atomic mass is 9.78. The number of fused-ring (bicyclic) bond motifs is 1. The molecule has 0 bridgehead atoms. The summed E-state index contributed by atoms with van der Waals surface area (Å²) in [6.45, 7) is 8.26. The molecule has 0 amide bonds. The van der Waals surface area contributed by atoms with Crippen LogP contribution in [0.15, 0.2) is 78.9 Å². The highest BCUT2D eigenvalue weighted by Crippen LogP contribution is 2.36. The van der Waals surface area contributed by atoms with Gasteiger partial charge >= 0.3 is 7.12 Å². The van der Waals surface area contributed by atoms with Crippen molar-refractivity contribution in [2.45, 2.75) is 38.9 Å². The second kappa shape index (κ2) is 7.29. The van der Waals surface area contributed by atoms with E-state index >= 15 is 0 Å². The summed E-state index contributed by atoms with van der Waals surface area (Å²) in [7, 11) is -0.418. The van der Waals surface area contributed by atoms with Crippen LogP contribution in [0, 0.1) is 0 Å². The Morgan fingerprint density at radius 3 is 2.06 bits per heavy atom. The van der Waals surface area contributed by atoms with Gasteiger partial charge in [-0.2, -0.15) is 0 Å². The summed E-state index contributed by atoms with van der Waals surface area (Å²) < 4.78 is 12.5. The van der Waals surface area contributed by atoms with E-state index in [1.54, 1.807) is 0 Å². The van der Waals surface area contributed by atoms with Gasteiger partial charge in [0.1, 0.15) is 0 Å². The Balaban J connectivity index is 1.60. The molecule has 0 unspecified atom stereocenters. The Kier molecular flexibility index (Phi) is 4.69. The number of benzene rings is 3. The van der Waals surface area contributed by atoms with Crippen molar-refractivity contribution in [2.75, 3.05) is 0 Å². The Morgan fingerprint density at radius 1 is 0.677 bits per heavy atom. The number of rotatable bonds is 3. The molecule has 154 valence electrons. The zero-order valence-electron chi connectivity index (χ0n) is 18.3. The summed E-state index contributed by atoms with van der Waals surface area (Å²) in [6.07, 6.45) is 0. The van der Waals surface area contributed by atoms with E-state index in [4.69, 9.17) is 19.3 Å². The Morgan fingerprint density at radius 2 is 1.32 bits per heavy atom. The van der Waals surface area contributed by atoms with Crippen LogP contribution in [0.3, 0.4) is 0 Å². The molecule has 1 aromatic heterocycles. The van der Waals surface area contributed by atoms with E-state index in [0.29, 0.717) is 5.82 Å². The Bertz CT molecular complexity index is 1240. The van der Waals surface area contributed by atoms with Crippen molar-refractivity contribution in [3.63, 3.8) is 0 Å². The maximum atomic E-state index is 6.24. The van der Waals surface area contributed by atoms with Gasteiger partial charge in [-0.05, 0) is 39.2 Å². The van der Waals surface area contributed by atoms with Gasteiger partial charge in [-0.15, -0.1) is 0 Å². The van der Waals surface area contributed by atoms with E-state index in [-0.39, 0.29) is 11.2 Å². The molecule has 0 aliphatic carbocycles. The van der Waals surface area contributed by atoms with E-state index in [0.717, 1.165) is 33.2 Å². The predicted molar refractivity (Wildman–Crippen MR) is 126 cm³/mol. The number of aromatic nitrogens is 2. The number of nitrogens with zero attached hydrogens (tertiary/aromatic N) is 2. The highest BCUT2D eigenvalue weighted by molar-refractivity contribution is 6.62. The quantitative estimate of drug-likeness (QED) is 0.434. The molecule has 5 rings (SSSR count). The Labute approximate surface area is 183 Å². The van der Waals surface area contributed by atoms with Crippen molar-refractivity contribution in [1.29, 1.82) is 0 Å². The molecule has 0 spiro atoms. The summed E-state index contributed by atoms with van der Waals surface area (Å²) in [5.41, 5.74) is 4.07. The third-order valence-corrected chi connectivity index (χ3v) is 6.32. The molecule has 1 aliphatic heterocycles. The third kappa shape index (κ3) is 3.54. The van der Waals surface area contributed by atoms with E-state index in [9.17, 15) is 0 Å². The maximum absolute atomic E-state index is 6.24. The van der Waals surface area contributed by atoms with Crippen LogP contribution in [0.4, 0.5) is 0 Å². The zero-order chi connectivity index (χ0) is 21.6. The number of para-hydroxylation sites is 1. The minimum absolute atomic E-state index is 0.381. The van der Waals surface area contributed by atoms with Crippen LogP contribution in [0.25, 0.3) is 33.5 Å². The van der Waals surface area contributed by atoms with Gasteiger partial charge in [0.2, 0.25) is 0 Å². The largest absolute Gasteiger partial charge is 0.494 e. The summed E-state index contributed by atoms with van der Waals surface area (Å²) in [4.78, 5) is 9.84. The van der Waals surface area contributed by atoms with Crippen LogP contribution in [0.1, 0.15) is 27.7 Å². The average Bonchev–Trinajstić information content (AvgIpc) is 3.00. The SMILES string of the molecule is CC1(C)OB(c2cccc(-c3nc(-c4ccccc4)c4ccccc4n3)c2)OC1(C)C. The van der Waals surface area contributed by atoms with Crippen molar-refractivity contribution in [2.24, 2.45) is 0 Å². The third-order valence-electron chi connectivity index (χ3n) is 6.32. The first-order valence-electron chi connectivity index (χ1n) is 10.6.